The molecule has 2 aromatic rings. The van der Waals surface area contributed by atoms with Gasteiger partial charge in [0.2, 0.25) is 5.91 Å². The van der Waals surface area contributed by atoms with E-state index in [1.807, 2.05) is 23.6 Å². The summed E-state index contributed by atoms with van der Waals surface area (Å²) in [5.41, 5.74) is 2.69. The van der Waals surface area contributed by atoms with Crippen LogP contribution in [-0.4, -0.2) is 52.4 Å². The second-order valence-electron chi connectivity index (χ2n) is 6.61. The van der Waals surface area contributed by atoms with Crippen LogP contribution in [0.2, 0.25) is 0 Å². The molecule has 0 aliphatic carbocycles. The molecule has 0 saturated carbocycles. The summed E-state index contributed by atoms with van der Waals surface area (Å²) in [4.78, 5) is 38.2. The number of hydrogen-bond donors (Lipinski definition) is 2. The molecule has 28 heavy (non-hydrogen) atoms. The van der Waals surface area contributed by atoms with E-state index in [0.29, 0.717) is 16.8 Å². The van der Waals surface area contributed by atoms with E-state index in [2.05, 4.69) is 5.32 Å². The van der Waals surface area contributed by atoms with Gasteiger partial charge in [0.15, 0.2) is 0 Å². The first kappa shape index (κ1) is 19.9. The summed E-state index contributed by atoms with van der Waals surface area (Å²) in [5.74, 6) is 0.584. The largest absolute Gasteiger partial charge is 0.478 e. The number of amides is 2. The van der Waals surface area contributed by atoms with Gasteiger partial charge in [-0.3, -0.25) is 9.59 Å². The minimum Gasteiger partial charge on any atom is -0.478 e. The summed E-state index contributed by atoms with van der Waals surface area (Å²) in [6.07, 6.45) is 0.0576. The average molecular weight is 398 g/mol. The van der Waals surface area contributed by atoms with Crippen LogP contribution in [0, 0.1) is 6.92 Å². The highest BCUT2D eigenvalue weighted by molar-refractivity contribution is 7.99. The Morgan fingerprint density at radius 2 is 1.82 bits per heavy atom. The van der Waals surface area contributed by atoms with Crippen molar-refractivity contribution in [1.82, 2.24) is 4.90 Å². The molecule has 146 valence electrons. The third-order valence-corrected chi connectivity index (χ3v) is 5.62. The molecule has 2 N–H and O–H groups in total. The van der Waals surface area contributed by atoms with Gasteiger partial charge in [-0.25, -0.2) is 4.79 Å². The van der Waals surface area contributed by atoms with Crippen molar-refractivity contribution in [2.24, 2.45) is 0 Å². The lowest BCUT2D eigenvalue weighted by atomic mass is 10.0. The number of anilines is 1. The number of aromatic carboxylic acids is 1. The van der Waals surface area contributed by atoms with Gasteiger partial charge in [-0.1, -0.05) is 18.2 Å². The lowest BCUT2D eigenvalue weighted by Gasteiger charge is -2.27. The maximum Gasteiger partial charge on any atom is 0.335 e. The Balaban J connectivity index is 1.72. The van der Waals surface area contributed by atoms with Crippen LogP contribution in [0.3, 0.4) is 0 Å². The normalized spacial score (nSPS) is 13.8. The maximum atomic E-state index is 12.8. The van der Waals surface area contributed by atoms with Crippen LogP contribution in [0.15, 0.2) is 42.5 Å². The van der Waals surface area contributed by atoms with Gasteiger partial charge in [-0.2, -0.15) is 11.8 Å². The van der Waals surface area contributed by atoms with Gasteiger partial charge >= 0.3 is 5.97 Å². The fourth-order valence-corrected chi connectivity index (χ4v) is 4.04. The van der Waals surface area contributed by atoms with Gasteiger partial charge in [0.25, 0.3) is 5.91 Å². The molecule has 7 heteroatoms. The van der Waals surface area contributed by atoms with Crippen molar-refractivity contribution >= 4 is 35.2 Å². The summed E-state index contributed by atoms with van der Waals surface area (Å²) in [6, 6.07) is 11.6. The number of thioether (sulfide) groups is 1. The Morgan fingerprint density at radius 1 is 1.11 bits per heavy atom. The quantitative estimate of drug-likeness (QED) is 0.808. The lowest BCUT2D eigenvalue weighted by molar-refractivity contribution is -0.115. The molecule has 3 rings (SSSR count). The monoisotopic (exact) mass is 398 g/mol. The molecular formula is C21H22N2O4S. The van der Waals surface area contributed by atoms with Crippen molar-refractivity contribution < 1.29 is 19.5 Å². The number of carboxylic acid groups (broad SMARTS) is 1. The van der Waals surface area contributed by atoms with Crippen LogP contribution in [0.25, 0.3) is 0 Å². The van der Waals surface area contributed by atoms with Crippen molar-refractivity contribution in [3.05, 3.63) is 64.7 Å². The van der Waals surface area contributed by atoms with E-state index in [1.54, 1.807) is 30.3 Å². The molecule has 1 heterocycles. The van der Waals surface area contributed by atoms with Gasteiger partial charge in [-0.05, 0) is 42.3 Å². The van der Waals surface area contributed by atoms with Gasteiger partial charge in [0.1, 0.15) is 0 Å². The van der Waals surface area contributed by atoms with Crippen LogP contribution in [0.1, 0.15) is 31.8 Å². The zero-order chi connectivity index (χ0) is 20.1. The first-order valence-corrected chi connectivity index (χ1v) is 10.2. The molecule has 1 saturated heterocycles. The fraction of sp³-hybridized carbons (Fsp3) is 0.286. The van der Waals surface area contributed by atoms with Gasteiger partial charge in [0.05, 0.1) is 12.0 Å². The molecule has 0 atom stereocenters. The van der Waals surface area contributed by atoms with Crippen molar-refractivity contribution in [1.29, 1.82) is 0 Å². The highest BCUT2D eigenvalue weighted by Crippen LogP contribution is 2.22. The van der Waals surface area contributed by atoms with Crippen molar-refractivity contribution in [2.75, 3.05) is 29.9 Å². The minimum absolute atomic E-state index is 0.0111. The SMILES string of the molecule is Cc1c(NC(=O)Cc2cccc(C(=O)O)c2)cccc1C(=O)N1CCSCC1. The topological polar surface area (TPSA) is 86.7 Å². The first-order valence-electron chi connectivity index (χ1n) is 9.04. The summed E-state index contributed by atoms with van der Waals surface area (Å²) in [7, 11) is 0. The van der Waals surface area contributed by atoms with E-state index < -0.39 is 5.97 Å². The zero-order valence-corrected chi connectivity index (χ0v) is 16.4. The average Bonchev–Trinajstić information content (AvgIpc) is 2.70. The number of carboxylic acids is 1. The predicted octanol–water partition coefficient (Wildman–Crippen LogP) is 3.06. The van der Waals surface area contributed by atoms with E-state index in [4.69, 9.17) is 5.11 Å². The predicted molar refractivity (Wildman–Crippen MR) is 110 cm³/mol. The Morgan fingerprint density at radius 3 is 2.54 bits per heavy atom. The molecule has 0 spiro atoms. The van der Waals surface area contributed by atoms with Gasteiger partial charge in [0, 0.05) is 35.8 Å². The van der Waals surface area contributed by atoms with E-state index >= 15 is 0 Å². The molecule has 2 aromatic carbocycles. The third-order valence-electron chi connectivity index (χ3n) is 4.68. The van der Waals surface area contributed by atoms with E-state index in [0.717, 1.165) is 30.2 Å². The van der Waals surface area contributed by atoms with Crippen LogP contribution in [0.4, 0.5) is 5.69 Å². The second-order valence-corrected chi connectivity index (χ2v) is 7.84. The number of nitrogens with zero attached hydrogens (tertiary/aromatic N) is 1. The van der Waals surface area contributed by atoms with Crippen molar-refractivity contribution in [3.63, 3.8) is 0 Å². The van der Waals surface area contributed by atoms with Crippen LogP contribution < -0.4 is 5.32 Å². The minimum atomic E-state index is -1.03. The summed E-state index contributed by atoms with van der Waals surface area (Å²) < 4.78 is 0. The van der Waals surface area contributed by atoms with E-state index in [1.165, 1.54) is 12.1 Å². The maximum absolute atomic E-state index is 12.8. The molecule has 2 amide bonds. The Labute approximate surface area is 167 Å². The molecule has 0 bridgehead atoms. The second kappa shape index (κ2) is 8.93. The van der Waals surface area contributed by atoms with Crippen LogP contribution >= 0.6 is 11.8 Å². The Kier molecular flexibility index (Phi) is 6.36. The lowest BCUT2D eigenvalue weighted by Crippen LogP contribution is -2.38. The van der Waals surface area contributed by atoms with Gasteiger partial charge < -0.3 is 15.3 Å². The van der Waals surface area contributed by atoms with Crippen molar-refractivity contribution in [3.8, 4) is 0 Å². The smallest absolute Gasteiger partial charge is 0.335 e. The molecule has 0 unspecified atom stereocenters. The first-order chi connectivity index (χ1) is 13.5. The zero-order valence-electron chi connectivity index (χ0n) is 15.6. The molecular weight excluding hydrogens is 376 g/mol. The highest BCUT2D eigenvalue weighted by atomic mass is 32.2. The number of nitrogens with one attached hydrogen (secondary N) is 1. The summed E-state index contributed by atoms with van der Waals surface area (Å²) >= 11 is 1.84. The number of carbonyl (C=O) groups excluding carboxylic acids is 2. The van der Waals surface area contributed by atoms with E-state index in [-0.39, 0.29) is 23.8 Å². The van der Waals surface area contributed by atoms with Gasteiger partial charge in [-0.15, -0.1) is 0 Å². The van der Waals surface area contributed by atoms with E-state index in [9.17, 15) is 14.4 Å². The number of rotatable bonds is 5. The number of benzene rings is 2. The molecule has 1 aliphatic rings. The molecule has 1 aliphatic heterocycles. The standard InChI is InChI=1S/C21H22N2O4S/c1-14-17(20(25)23-8-10-28-11-9-23)6-3-7-18(14)22-19(24)13-15-4-2-5-16(12-15)21(26)27/h2-7,12H,8-11,13H2,1H3,(H,22,24)(H,26,27). The molecule has 1 fully saturated rings. The highest BCUT2D eigenvalue weighted by Gasteiger charge is 2.21. The number of hydrogen-bond acceptors (Lipinski definition) is 4. The Hall–Kier alpha value is -2.80. The number of carbonyl (C=O) groups is 3. The molecule has 0 aromatic heterocycles. The molecule has 0 radical (unpaired) electrons. The van der Waals surface area contributed by atoms with Crippen LogP contribution in [-0.2, 0) is 11.2 Å². The Bertz CT molecular complexity index is 907. The summed E-state index contributed by atoms with van der Waals surface area (Å²) in [5, 5.41) is 11.9. The van der Waals surface area contributed by atoms with Crippen molar-refractivity contribution in [2.45, 2.75) is 13.3 Å². The third kappa shape index (κ3) is 4.72. The molecule has 6 nitrogen and oxygen atoms in total. The van der Waals surface area contributed by atoms with Crippen LogP contribution in [0.5, 0.6) is 0 Å². The fourth-order valence-electron chi connectivity index (χ4n) is 3.13. The summed E-state index contributed by atoms with van der Waals surface area (Å²) in [6.45, 7) is 3.30.